The lowest BCUT2D eigenvalue weighted by atomic mass is 10.0. The van der Waals surface area contributed by atoms with Crippen LogP contribution in [0.4, 0.5) is 4.79 Å². The number of sulfone groups is 1. The van der Waals surface area contributed by atoms with Crippen LogP contribution >= 0.6 is 0 Å². The molecule has 0 spiro atoms. The van der Waals surface area contributed by atoms with Crippen LogP contribution < -0.4 is 4.74 Å². The van der Waals surface area contributed by atoms with Crippen molar-refractivity contribution in [2.45, 2.75) is 12.3 Å². The summed E-state index contributed by atoms with van der Waals surface area (Å²) in [5.41, 5.74) is 4.05. The number of carboxylic acid groups (broad SMARTS) is 1. The van der Waals surface area contributed by atoms with Crippen LogP contribution in [0.2, 0.25) is 0 Å². The summed E-state index contributed by atoms with van der Waals surface area (Å²) in [6.45, 7) is 0.457. The van der Waals surface area contributed by atoms with Crippen molar-refractivity contribution >= 4 is 27.0 Å². The van der Waals surface area contributed by atoms with Crippen LogP contribution in [0.25, 0.3) is 22.2 Å². The average molecular weight is 436 g/mol. The van der Waals surface area contributed by atoms with E-state index in [1.165, 1.54) is 6.26 Å². The van der Waals surface area contributed by atoms with Crippen molar-refractivity contribution in [2.24, 2.45) is 0 Å². The summed E-state index contributed by atoms with van der Waals surface area (Å²) in [6, 6.07) is 22.1. The van der Waals surface area contributed by atoms with Gasteiger partial charge in [-0.25, -0.2) is 18.2 Å². The van der Waals surface area contributed by atoms with E-state index in [0.29, 0.717) is 17.9 Å². The molecule has 31 heavy (non-hydrogen) atoms. The summed E-state index contributed by atoms with van der Waals surface area (Å²) in [5.74, 6) is 0.617. The lowest BCUT2D eigenvalue weighted by molar-refractivity contribution is 0.144. The predicted molar refractivity (Wildman–Crippen MR) is 118 cm³/mol. The van der Waals surface area contributed by atoms with Crippen molar-refractivity contribution in [3.05, 3.63) is 84.2 Å². The van der Waals surface area contributed by atoms with E-state index >= 15 is 0 Å². The van der Waals surface area contributed by atoms with Crippen molar-refractivity contribution in [3.8, 4) is 16.9 Å². The topological polar surface area (TPSA) is 98.5 Å². The van der Waals surface area contributed by atoms with Crippen molar-refractivity contribution in [1.82, 2.24) is 9.55 Å². The van der Waals surface area contributed by atoms with E-state index in [1.807, 2.05) is 59.2 Å². The number of para-hydroxylation sites is 3. The van der Waals surface area contributed by atoms with Gasteiger partial charge in [0.25, 0.3) is 0 Å². The van der Waals surface area contributed by atoms with Gasteiger partial charge >= 0.3 is 6.16 Å². The van der Waals surface area contributed by atoms with E-state index < -0.39 is 16.0 Å². The summed E-state index contributed by atoms with van der Waals surface area (Å²) in [7, 11) is -3.24. The number of ether oxygens (including phenoxy) is 1. The van der Waals surface area contributed by atoms with Gasteiger partial charge in [-0.05, 0) is 29.3 Å². The van der Waals surface area contributed by atoms with E-state index in [0.717, 1.165) is 22.2 Å². The minimum Gasteiger partial charge on any atom is -0.449 e. The minimum absolute atomic E-state index is 0.139. The molecule has 0 bridgehead atoms. The van der Waals surface area contributed by atoms with Crippen LogP contribution in [0.15, 0.2) is 72.8 Å². The van der Waals surface area contributed by atoms with Crippen LogP contribution in [0, 0.1) is 0 Å². The first-order valence-electron chi connectivity index (χ1n) is 9.51. The smallest absolute Gasteiger partial charge is 0.449 e. The number of carbonyl (C=O) groups is 1. The third-order valence-corrected chi connectivity index (χ3v) is 5.60. The number of fused-ring (bicyclic) bond motifs is 1. The third-order valence-electron chi connectivity index (χ3n) is 4.81. The highest BCUT2D eigenvalue weighted by atomic mass is 32.2. The fraction of sp³-hybridized carbons (Fsp3) is 0.130. The molecule has 0 atom stereocenters. The zero-order valence-corrected chi connectivity index (χ0v) is 17.5. The zero-order chi connectivity index (χ0) is 22.0. The van der Waals surface area contributed by atoms with Crippen LogP contribution in [-0.2, 0) is 22.1 Å². The summed E-state index contributed by atoms with van der Waals surface area (Å²) < 4.78 is 30.6. The number of aromatic nitrogens is 2. The second kappa shape index (κ2) is 8.23. The molecule has 0 radical (unpaired) electrons. The Morgan fingerprint density at radius 2 is 1.68 bits per heavy atom. The first-order chi connectivity index (χ1) is 14.8. The molecular weight excluding hydrogens is 416 g/mol. The summed E-state index contributed by atoms with van der Waals surface area (Å²) in [6.07, 6.45) is -0.170. The van der Waals surface area contributed by atoms with Gasteiger partial charge in [-0.2, -0.15) is 0 Å². The Kier molecular flexibility index (Phi) is 5.48. The van der Waals surface area contributed by atoms with Crippen LogP contribution in [0.5, 0.6) is 5.75 Å². The van der Waals surface area contributed by atoms with Gasteiger partial charge in [0, 0.05) is 18.4 Å². The van der Waals surface area contributed by atoms with E-state index in [9.17, 15) is 13.2 Å². The fourth-order valence-corrected chi connectivity index (χ4v) is 4.20. The molecule has 4 rings (SSSR count). The molecule has 1 N–H and O–H groups in total. The van der Waals surface area contributed by atoms with Gasteiger partial charge in [0.15, 0.2) is 9.84 Å². The first-order valence-corrected chi connectivity index (χ1v) is 11.6. The highest BCUT2D eigenvalue weighted by molar-refractivity contribution is 7.89. The molecular formula is C23H20N2O5S. The molecule has 1 heterocycles. The maximum absolute atomic E-state index is 11.9. The molecule has 0 aliphatic carbocycles. The van der Waals surface area contributed by atoms with Crippen LogP contribution in [0.3, 0.4) is 0 Å². The number of hydrogen-bond acceptors (Lipinski definition) is 5. The fourth-order valence-electron chi connectivity index (χ4n) is 3.51. The van der Waals surface area contributed by atoms with E-state index in [4.69, 9.17) is 9.84 Å². The maximum Gasteiger partial charge on any atom is 0.511 e. The maximum atomic E-state index is 11.9. The number of hydrogen-bond donors (Lipinski definition) is 1. The molecule has 3 aromatic carbocycles. The lowest BCUT2D eigenvalue weighted by Gasteiger charge is -2.11. The molecule has 0 fully saturated rings. The highest BCUT2D eigenvalue weighted by Crippen LogP contribution is 2.30. The number of rotatable bonds is 6. The van der Waals surface area contributed by atoms with Gasteiger partial charge in [0.2, 0.25) is 0 Å². The number of benzene rings is 3. The second-order valence-electron chi connectivity index (χ2n) is 7.23. The quantitative estimate of drug-likeness (QED) is 0.356. The van der Waals surface area contributed by atoms with Gasteiger partial charge in [0.05, 0.1) is 11.0 Å². The molecule has 0 aliphatic rings. The Bertz CT molecular complexity index is 1360. The Labute approximate surface area is 179 Å². The molecule has 7 nitrogen and oxygen atoms in total. The Morgan fingerprint density at radius 3 is 2.39 bits per heavy atom. The standard InChI is InChI=1S/C23H20N2O5S/c1-31(28,29)15-22-24-19-7-3-4-8-20(19)25(22)14-16-10-12-17(13-11-16)18-6-2-5-9-21(18)30-23(26)27/h2-13H,14-15H2,1H3,(H,26,27). The van der Waals surface area contributed by atoms with Gasteiger partial charge < -0.3 is 14.4 Å². The predicted octanol–water partition coefficient (Wildman–Crippen LogP) is 4.35. The summed E-state index contributed by atoms with van der Waals surface area (Å²) in [5, 5.41) is 8.95. The molecule has 0 aliphatic heterocycles. The molecule has 0 saturated carbocycles. The monoisotopic (exact) mass is 436 g/mol. The van der Waals surface area contributed by atoms with E-state index in [-0.39, 0.29) is 11.5 Å². The Balaban J connectivity index is 1.67. The van der Waals surface area contributed by atoms with Crippen molar-refractivity contribution in [2.75, 3.05) is 6.26 Å². The molecule has 0 saturated heterocycles. The molecule has 1 aromatic heterocycles. The minimum atomic E-state index is -3.24. The first kappa shape index (κ1) is 20.6. The second-order valence-corrected chi connectivity index (χ2v) is 9.37. The average Bonchev–Trinajstić information content (AvgIpc) is 3.04. The van der Waals surface area contributed by atoms with E-state index in [1.54, 1.807) is 18.2 Å². The summed E-state index contributed by atoms with van der Waals surface area (Å²) in [4.78, 5) is 15.5. The zero-order valence-electron chi connectivity index (χ0n) is 16.7. The largest absolute Gasteiger partial charge is 0.511 e. The SMILES string of the molecule is CS(=O)(=O)Cc1nc2ccccc2n1Cc1ccc(-c2ccccc2OC(=O)O)cc1. The molecule has 158 valence electrons. The van der Waals surface area contributed by atoms with Crippen LogP contribution in [0.1, 0.15) is 11.4 Å². The van der Waals surface area contributed by atoms with Gasteiger partial charge in [-0.1, -0.05) is 54.6 Å². The van der Waals surface area contributed by atoms with Crippen molar-refractivity contribution in [1.29, 1.82) is 0 Å². The molecule has 4 aromatic rings. The number of nitrogens with zero attached hydrogens (tertiary/aromatic N) is 2. The van der Waals surface area contributed by atoms with E-state index in [2.05, 4.69) is 4.98 Å². The van der Waals surface area contributed by atoms with Crippen LogP contribution in [-0.4, -0.2) is 35.5 Å². The third kappa shape index (κ3) is 4.75. The highest BCUT2D eigenvalue weighted by Gasteiger charge is 2.16. The molecule has 0 amide bonds. The molecule has 8 heteroatoms. The summed E-state index contributed by atoms with van der Waals surface area (Å²) >= 11 is 0. The Morgan fingerprint density at radius 1 is 1.00 bits per heavy atom. The normalized spacial score (nSPS) is 11.5. The Hall–Kier alpha value is -3.65. The molecule has 0 unspecified atom stereocenters. The van der Waals surface area contributed by atoms with Gasteiger partial charge in [-0.3, -0.25) is 0 Å². The van der Waals surface area contributed by atoms with Gasteiger partial charge in [0.1, 0.15) is 17.3 Å². The van der Waals surface area contributed by atoms with Gasteiger partial charge in [-0.15, -0.1) is 0 Å². The van der Waals surface area contributed by atoms with Crippen molar-refractivity contribution < 1.29 is 23.1 Å². The lowest BCUT2D eigenvalue weighted by Crippen LogP contribution is -2.10. The van der Waals surface area contributed by atoms with Crippen molar-refractivity contribution in [3.63, 3.8) is 0 Å². The number of imidazole rings is 1.